The second-order valence-electron chi connectivity index (χ2n) is 20.4. The van der Waals surface area contributed by atoms with E-state index >= 15 is 4.39 Å². The molecule has 5 atom stereocenters. The fourth-order valence-electron chi connectivity index (χ4n) is 8.82. The SMILES string of the molecule is C[C@H](NC(=O)Cc1ccncc1)C(=O)N[C@H](Cc1c[nH]cn1)C(=O)N[C@@H](CC(N)=O)C(=O)N[C@@H](CCN(C(=O)CO)[C@@H](c1cc(-c2cc(F)ccc2F)cn1Cc1ccccc1)C(C)(C)C)C(=O)NCCNC(=O)CNC(=O)CCC(=O)O. The summed E-state index contributed by atoms with van der Waals surface area (Å²) in [4.78, 5) is 144. The second-order valence-corrected chi connectivity index (χ2v) is 20.4. The van der Waals surface area contributed by atoms with Crippen LogP contribution in [0.5, 0.6) is 0 Å². The number of primary amides is 1. The molecule has 12 N–H and O–H groups in total. The van der Waals surface area contributed by atoms with Gasteiger partial charge in [0, 0.05) is 80.6 Å². The van der Waals surface area contributed by atoms with Crippen LogP contribution in [0.1, 0.15) is 81.9 Å². The summed E-state index contributed by atoms with van der Waals surface area (Å²) in [5, 5.41) is 36.8. The standard InChI is InChI=1S/C56H69F2N13O12/c1-33(66-47(75)22-34-14-17-60-18-15-34)52(80)68-42(25-38-27-61-32-65-38)54(82)69-43(26-45(59)73)55(83)67-41(53(81)63-20-19-62-48(76)28-64-46(74)12-13-50(78)79)16-21-71(49(77)31-72)51(56(2,3)4)44-23-36(39-24-37(57)10-11-40(39)58)30-70(44)29-35-8-6-5-7-9-35/h5-11,14-15,17-18,23-24,27,30,32-33,41-43,51,72H,12-13,16,19-22,25-26,28-29,31H2,1-4H3,(H2,59,73)(H,61,65)(H,62,76)(H,63,81)(H,64,74)(H,66,75)(H,67,83)(H,68,80)(H,69,82)(H,78,79)/t33-,41-,42+,43-,51-/m0/s1. The van der Waals surface area contributed by atoms with Gasteiger partial charge in [0.1, 0.15) is 42.4 Å². The van der Waals surface area contributed by atoms with Crippen molar-refractivity contribution in [1.29, 1.82) is 0 Å². The number of nitrogens with zero attached hydrogens (tertiary/aromatic N) is 4. The number of H-pyrrole nitrogens is 1. The highest BCUT2D eigenvalue weighted by Gasteiger charge is 2.39. The van der Waals surface area contributed by atoms with Crippen molar-refractivity contribution in [2.45, 2.75) is 103 Å². The number of rotatable bonds is 31. The molecule has 0 aliphatic heterocycles. The summed E-state index contributed by atoms with van der Waals surface area (Å²) in [6.07, 6.45) is 4.88. The molecule has 0 radical (unpaired) electrons. The summed E-state index contributed by atoms with van der Waals surface area (Å²) in [7, 11) is 0. The molecule has 0 bridgehead atoms. The number of hydrogen-bond donors (Lipinski definition) is 11. The number of carbonyl (C=O) groups is 10. The van der Waals surface area contributed by atoms with Gasteiger partial charge in [-0.3, -0.25) is 52.9 Å². The van der Waals surface area contributed by atoms with Crippen LogP contribution in [-0.4, -0.2) is 151 Å². The number of carbonyl (C=O) groups excluding carboxylic acids is 9. The van der Waals surface area contributed by atoms with E-state index in [9.17, 15) is 57.4 Å². The Bertz CT molecular complexity index is 3070. The molecule has 2 aromatic carbocycles. The minimum absolute atomic E-state index is 0.0785. The lowest BCUT2D eigenvalue weighted by Crippen LogP contribution is -2.59. The molecular formula is C56H69F2N13O12. The van der Waals surface area contributed by atoms with Crippen molar-refractivity contribution in [3.63, 3.8) is 0 Å². The minimum atomic E-state index is -1.82. The molecule has 0 spiro atoms. The number of halogens is 2. The number of aliphatic hydroxyl groups excluding tert-OH is 1. The Morgan fingerprint density at radius 3 is 2.08 bits per heavy atom. The first-order valence-corrected chi connectivity index (χ1v) is 26.4. The van der Waals surface area contributed by atoms with E-state index in [0.717, 1.165) is 23.8 Å². The van der Waals surface area contributed by atoms with E-state index in [1.165, 1.54) is 36.7 Å². The summed E-state index contributed by atoms with van der Waals surface area (Å²) in [5.74, 6) is -10.4. The van der Waals surface area contributed by atoms with Gasteiger partial charge in [-0.1, -0.05) is 51.1 Å². The van der Waals surface area contributed by atoms with Gasteiger partial charge >= 0.3 is 5.97 Å². The number of amides is 9. The largest absolute Gasteiger partial charge is 0.481 e. The maximum Gasteiger partial charge on any atom is 0.303 e. The predicted octanol–water partition coefficient (Wildman–Crippen LogP) is 0.431. The molecule has 83 heavy (non-hydrogen) atoms. The molecule has 3 aromatic heterocycles. The van der Waals surface area contributed by atoms with Gasteiger partial charge < -0.3 is 67.6 Å². The van der Waals surface area contributed by atoms with Crippen LogP contribution < -0.4 is 43.0 Å². The Kier molecular flexibility index (Phi) is 24.0. The molecule has 0 aliphatic rings. The van der Waals surface area contributed by atoms with Gasteiger partial charge in [-0.15, -0.1) is 0 Å². The van der Waals surface area contributed by atoms with Crippen molar-refractivity contribution in [2.24, 2.45) is 11.1 Å². The number of aromatic nitrogens is 4. The predicted molar refractivity (Wildman–Crippen MR) is 294 cm³/mol. The van der Waals surface area contributed by atoms with E-state index in [-0.39, 0.29) is 55.7 Å². The van der Waals surface area contributed by atoms with Crippen molar-refractivity contribution >= 4 is 59.1 Å². The molecule has 5 aromatic rings. The molecule has 25 nitrogen and oxygen atoms in total. The molecule has 0 unspecified atom stereocenters. The van der Waals surface area contributed by atoms with Crippen LogP contribution in [0.2, 0.25) is 0 Å². The number of imidazole rings is 1. The number of aliphatic carboxylic acids is 1. The third-order valence-corrected chi connectivity index (χ3v) is 12.8. The molecule has 0 saturated carbocycles. The number of aliphatic hydroxyl groups is 1. The van der Waals surface area contributed by atoms with Crippen molar-refractivity contribution in [2.75, 3.05) is 32.8 Å². The number of nitrogens with one attached hydrogen (secondary N) is 8. The van der Waals surface area contributed by atoms with Gasteiger partial charge in [-0.05, 0) is 66.3 Å². The van der Waals surface area contributed by atoms with Crippen molar-refractivity contribution in [3.8, 4) is 11.1 Å². The molecule has 0 fully saturated rings. The van der Waals surface area contributed by atoms with Crippen LogP contribution in [0.3, 0.4) is 0 Å². The highest BCUT2D eigenvalue weighted by atomic mass is 19.1. The smallest absolute Gasteiger partial charge is 0.303 e. The average Bonchev–Trinajstić information content (AvgIpc) is 4.33. The number of benzene rings is 2. The van der Waals surface area contributed by atoms with Crippen molar-refractivity contribution in [3.05, 3.63) is 132 Å². The van der Waals surface area contributed by atoms with Gasteiger partial charge in [0.05, 0.1) is 43.9 Å². The lowest BCUT2D eigenvalue weighted by atomic mass is 9.82. The number of aromatic amines is 1. The van der Waals surface area contributed by atoms with Gasteiger partial charge in [-0.25, -0.2) is 13.8 Å². The molecular weight excluding hydrogens is 1080 g/mol. The maximum atomic E-state index is 15.5. The zero-order valence-electron chi connectivity index (χ0n) is 46.2. The number of hydrogen-bond acceptors (Lipinski definition) is 13. The summed E-state index contributed by atoms with van der Waals surface area (Å²) in [6.45, 7) is 4.43. The van der Waals surface area contributed by atoms with Gasteiger partial charge in [-0.2, -0.15) is 0 Å². The van der Waals surface area contributed by atoms with Crippen LogP contribution in [0, 0.1) is 17.0 Å². The number of nitrogens with two attached hydrogens (primary N) is 1. The monoisotopic (exact) mass is 1150 g/mol. The van der Waals surface area contributed by atoms with Crippen molar-refractivity contribution in [1.82, 2.24) is 61.6 Å². The van der Waals surface area contributed by atoms with Gasteiger partial charge in [0.25, 0.3) is 0 Å². The Morgan fingerprint density at radius 2 is 1.43 bits per heavy atom. The number of carboxylic acids is 1. The first kappa shape index (κ1) is 64.4. The highest BCUT2D eigenvalue weighted by molar-refractivity contribution is 5.97. The zero-order chi connectivity index (χ0) is 60.8. The van der Waals surface area contributed by atoms with E-state index < -0.39 is 145 Å². The fourth-order valence-corrected chi connectivity index (χ4v) is 8.82. The van der Waals surface area contributed by atoms with Crippen LogP contribution in [0.15, 0.2) is 97.8 Å². The van der Waals surface area contributed by atoms with Crippen LogP contribution in [-0.2, 0) is 67.3 Å². The van der Waals surface area contributed by atoms with Gasteiger partial charge in [0.15, 0.2) is 0 Å². The number of carboxylic acid groups (broad SMARTS) is 1. The molecule has 0 saturated heterocycles. The molecule has 0 aliphatic carbocycles. The summed E-state index contributed by atoms with van der Waals surface area (Å²) >= 11 is 0. The topological polar surface area (TPSA) is 371 Å². The molecule has 5 rings (SSSR count). The molecule has 444 valence electrons. The Morgan fingerprint density at radius 1 is 0.759 bits per heavy atom. The Labute approximate surface area is 476 Å². The maximum absolute atomic E-state index is 15.5. The van der Waals surface area contributed by atoms with E-state index in [4.69, 9.17) is 10.8 Å². The average molecular weight is 1150 g/mol. The first-order chi connectivity index (χ1) is 39.4. The van der Waals surface area contributed by atoms with E-state index in [0.29, 0.717) is 11.3 Å². The molecule has 9 amide bonds. The quantitative estimate of drug-likeness (QED) is 0.0268. The van der Waals surface area contributed by atoms with Gasteiger partial charge in [0.2, 0.25) is 53.2 Å². The molecule has 3 heterocycles. The lowest BCUT2D eigenvalue weighted by molar-refractivity contribution is -0.140. The first-order valence-electron chi connectivity index (χ1n) is 26.4. The zero-order valence-corrected chi connectivity index (χ0v) is 46.2. The molecule has 27 heteroatoms. The second kappa shape index (κ2) is 31.0. The Hall–Kier alpha value is -9.40. The minimum Gasteiger partial charge on any atom is -0.481 e. The lowest BCUT2D eigenvalue weighted by Gasteiger charge is -2.41. The normalized spacial score (nSPS) is 13.0. The van der Waals surface area contributed by atoms with E-state index in [2.05, 4.69) is 52.2 Å². The summed E-state index contributed by atoms with van der Waals surface area (Å²) in [5.41, 5.74) is 6.95. The van der Waals surface area contributed by atoms with Crippen LogP contribution in [0.4, 0.5) is 8.78 Å². The third-order valence-electron chi connectivity index (χ3n) is 12.8. The van der Waals surface area contributed by atoms with Crippen LogP contribution in [0.25, 0.3) is 11.1 Å². The summed E-state index contributed by atoms with van der Waals surface area (Å²) in [6, 6.07) is 9.78. The van der Waals surface area contributed by atoms with E-state index in [1.807, 2.05) is 30.3 Å². The van der Waals surface area contributed by atoms with Crippen molar-refractivity contribution < 1.29 is 66.9 Å². The highest BCUT2D eigenvalue weighted by Crippen LogP contribution is 2.41. The van der Waals surface area contributed by atoms with Crippen LogP contribution >= 0.6 is 0 Å². The summed E-state index contributed by atoms with van der Waals surface area (Å²) < 4.78 is 31.9. The Balaban J connectivity index is 1.45. The number of pyridine rings is 1. The third kappa shape index (κ3) is 20.6. The van der Waals surface area contributed by atoms with E-state index in [1.54, 1.807) is 49.7 Å². The fraction of sp³-hybridized carbons (Fsp3) is 0.393.